The number of amides is 1. The summed E-state index contributed by atoms with van der Waals surface area (Å²) in [5, 5.41) is 6.14. The van der Waals surface area contributed by atoms with Crippen LogP contribution in [-0.4, -0.2) is 15.9 Å². The summed E-state index contributed by atoms with van der Waals surface area (Å²) in [4.78, 5) is 21.0. The fourth-order valence-corrected chi connectivity index (χ4v) is 3.95. The number of carbonyl (C=O) groups excluding carboxylic acids is 1. The molecule has 0 atom stereocenters. The molecule has 0 saturated carbocycles. The number of thiazole rings is 1. The van der Waals surface area contributed by atoms with Crippen molar-refractivity contribution in [1.29, 1.82) is 0 Å². The number of rotatable bonds is 7. The van der Waals surface area contributed by atoms with Gasteiger partial charge in [0, 0.05) is 29.8 Å². The van der Waals surface area contributed by atoms with Gasteiger partial charge in [-0.05, 0) is 42.0 Å². The molecule has 0 fully saturated rings. The average Bonchev–Trinajstić information content (AvgIpc) is 3.23. The van der Waals surface area contributed by atoms with Crippen molar-refractivity contribution >= 4 is 28.8 Å². The first kappa shape index (κ1) is 21.0. The van der Waals surface area contributed by atoms with Crippen LogP contribution in [0, 0.1) is 5.82 Å². The molecule has 0 saturated heterocycles. The summed E-state index contributed by atoms with van der Waals surface area (Å²) in [6.07, 6.45) is 1.77. The van der Waals surface area contributed by atoms with Crippen molar-refractivity contribution in [2.75, 3.05) is 0 Å². The third-order valence-corrected chi connectivity index (χ3v) is 5.58. The summed E-state index contributed by atoms with van der Waals surface area (Å²) >= 11 is 7.67. The minimum atomic E-state index is -0.337. The second-order valence-electron chi connectivity index (χ2n) is 6.64. The highest BCUT2D eigenvalue weighted by Gasteiger charge is 2.11. The van der Waals surface area contributed by atoms with Crippen LogP contribution in [-0.2, 0) is 17.8 Å². The van der Waals surface area contributed by atoms with Gasteiger partial charge in [-0.2, -0.15) is 0 Å². The molecular formula is C23H17ClFN3O2S. The smallest absolute Gasteiger partial charge is 0.226 e. The normalized spacial score (nSPS) is 10.6. The largest absolute Gasteiger partial charge is 0.439 e. The summed E-state index contributed by atoms with van der Waals surface area (Å²) < 4.78 is 18.6. The Hall–Kier alpha value is -3.29. The van der Waals surface area contributed by atoms with Gasteiger partial charge in [-0.15, -0.1) is 11.3 Å². The number of aromatic nitrogens is 2. The fourth-order valence-electron chi connectivity index (χ4n) is 2.81. The molecule has 1 amide bonds. The lowest BCUT2D eigenvalue weighted by Gasteiger charge is -2.08. The number of halogens is 2. The molecule has 2 aromatic carbocycles. The van der Waals surface area contributed by atoms with Gasteiger partial charge in [0.15, 0.2) is 0 Å². The van der Waals surface area contributed by atoms with E-state index in [0.29, 0.717) is 28.9 Å². The Morgan fingerprint density at radius 2 is 1.94 bits per heavy atom. The Kier molecular flexibility index (Phi) is 6.54. The summed E-state index contributed by atoms with van der Waals surface area (Å²) in [5.41, 5.74) is 2.37. The molecule has 5 nitrogen and oxygen atoms in total. The maximum Gasteiger partial charge on any atom is 0.226 e. The highest BCUT2D eigenvalue weighted by molar-refractivity contribution is 7.13. The fraction of sp³-hybridized carbons (Fsp3) is 0.0870. The van der Waals surface area contributed by atoms with Crippen LogP contribution in [0.1, 0.15) is 11.3 Å². The molecule has 2 heterocycles. The molecule has 4 rings (SSSR count). The average molecular weight is 454 g/mol. The van der Waals surface area contributed by atoms with Crippen LogP contribution in [0.5, 0.6) is 11.6 Å². The Bertz CT molecular complexity index is 1200. The molecule has 1 N–H and O–H groups in total. The summed E-state index contributed by atoms with van der Waals surface area (Å²) in [6.45, 7) is 0.322. The van der Waals surface area contributed by atoms with Crippen molar-refractivity contribution in [3.05, 3.63) is 94.3 Å². The number of nitrogens with zero attached hydrogens (tertiary/aromatic N) is 2. The van der Waals surface area contributed by atoms with Crippen LogP contribution in [0.3, 0.4) is 0 Å². The zero-order valence-electron chi connectivity index (χ0n) is 16.2. The van der Waals surface area contributed by atoms with Crippen molar-refractivity contribution in [3.63, 3.8) is 0 Å². The first-order valence-corrected chi connectivity index (χ1v) is 10.7. The van der Waals surface area contributed by atoms with Crippen molar-refractivity contribution < 1.29 is 13.9 Å². The Balaban J connectivity index is 1.33. The molecule has 0 bridgehead atoms. The van der Waals surface area contributed by atoms with Gasteiger partial charge in [-0.3, -0.25) is 4.79 Å². The molecule has 31 heavy (non-hydrogen) atoms. The van der Waals surface area contributed by atoms with E-state index in [-0.39, 0.29) is 18.1 Å². The first-order chi connectivity index (χ1) is 15.1. The minimum absolute atomic E-state index is 0.145. The number of carbonyl (C=O) groups is 1. The molecule has 4 aromatic rings. The third kappa shape index (κ3) is 5.65. The first-order valence-electron chi connectivity index (χ1n) is 9.41. The second kappa shape index (κ2) is 9.68. The maximum absolute atomic E-state index is 13.0. The van der Waals surface area contributed by atoms with Crippen molar-refractivity contribution in [2.45, 2.75) is 13.0 Å². The summed E-state index contributed by atoms with van der Waals surface area (Å²) in [5.74, 6) is 0.361. The minimum Gasteiger partial charge on any atom is -0.439 e. The van der Waals surface area contributed by atoms with E-state index in [4.69, 9.17) is 16.3 Å². The van der Waals surface area contributed by atoms with Gasteiger partial charge in [-0.25, -0.2) is 14.4 Å². The number of hydrogen-bond acceptors (Lipinski definition) is 5. The summed E-state index contributed by atoms with van der Waals surface area (Å²) in [6, 6.07) is 16.7. The van der Waals surface area contributed by atoms with Gasteiger partial charge < -0.3 is 10.1 Å². The van der Waals surface area contributed by atoms with E-state index < -0.39 is 0 Å². The lowest BCUT2D eigenvalue weighted by molar-refractivity contribution is -0.120. The lowest BCUT2D eigenvalue weighted by Crippen LogP contribution is -2.24. The SMILES string of the molecule is O=C(Cc1csc(-c2ccccc2Cl)n1)NCc1ccnc(Oc2ccc(F)cc2)c1. The molecule has 0 unspecified atom stereocenters. The highest BCUT2D eigenvalue weighted by Crippen LogP contribution is 2.30. The predicted molar refractivity (Wildman–Crippen MR) is 119 cm³/mol. The lowest BCUT2D eigenvalue weighted by atomic mass is 10.2. The van der Waals surface area contributed by atoms with Gasteiger partial charge >= 0.3 is 0 Å². The van der Waals surface area contributed by atoms with Crippen LogP contribution >= 0.6 is 22.9 Å². The van der Waals surface area contributed by atoms with E-state index in [1.165, 1.54) is 35.6 Å². The van der Waals surface area contributed by atoms with Crippen LogP contribution < -0.4 is 10.1 Å². The molecular weight excluding hydrogens is 437 g/mol. The van der Waals surface area contributed by atoms with Gasteiger partial charge in [0.05, 0.1) is 17.1 Å². The molecule has 0 spiro atoms. The Morgan fingerprint density at radius 3 is 2.74 bits per heavy atom. The quantitative estimate of drug-likeness (QED) is 0.393. The number of pyridine rings is 1. The van der Waals surface area contributed by atoms with Crippen molar-refractivity contribution in [2.24, 2.45) is 0 Å². The van der Waals surface area contributed by atoms with E-state index in [2.05, 4.69) is 15.3 Å². The highest BCUT2D eigenvalue weighted by atomic mass is 35.5. The van der Waals surface area contributed by atoms with E-state index in [1.807, 2.05) is 29.6 Å². The maximum atomic E-state index is 13.0. The summed E-state index contributed by atoms with van der Waals surface area (Å²) in [7, 11) is 0. The van der Waals surface area contributed by atoms with E-state index in [0.717, 1.165) is 16.1 Å². The molecule has 8 heteroatoms. The molecule has 2 aromatic heterocycles. The van der Waals surface area contributed by atoms with Crippen LogP contribution in [0.4, 0.5) is 4.39 Å². The Labute approximate surface area is 187 Å². The van der Waals surface area contributed by atoms with Gasteiger partial charge in [-0.1, -0.05) is 29.8 Å². The second-order valence-corrected chi connectivity index (χ2v) is 7.90. The van der Waals surface area contributed by atoms with Gasteiger partial charge in [0.1, 0.15) is 16.6 Å². The van der Waals surface area contributed by atoms with E-state index >= 15 is 0 Å². The molecule has 0 radical (unpaired) electrons. The van der Waals surface area contributed by atoms with Crippen molar-refractivity contribution in [3.8, 4) is 22.2 Å². The molecule has 0 aliphatic rings. The third-order valence-electron chi connectivity index (χ3n) is 4.32. The zero-order valence-corrected chi connectivity index (χ0v) is 17.8. The van der Waals surface area contributed by atoms with Gasteiger partial charge in [0.2, 0.25) is 11.8 Å². The Morgan fingerprint density at radius 1 is 1.13 bits per heavy atom. The monoisotopic (exact) mass is 453 g/mol. The van der Waals surface area contributed by atoms with Crippen molar-refractivity contribution in [1.82, 2.24) is 15.3 Å². The number of hydrogen-bond donors (Lipinski definition) is 1. The standard InChI is InChI=1S/C23H17ClFN3O2S/c24-20-4-2-1-3-19(20)23-28-17(14-31-23)12-21(29)27-13-15-9-10-26-22(11-15)30-18-7-5-16(25)6-8-18/h1-11,14H,12-13H2,(H,27,29). The number of benzene rings is 2. The van der Waals surface area contributed by atoms with Crippen LogP contribution in [0.25, 0.3) is 10.6 Å². The topological polar surface area (TPSA) is 64.1 Å². The molecule has 0 aliphatic carbocycles. The van der Waals surface area contributed by atoms with E-state index in [1.54, 1.807) is 18.3 Å². The molecule has 0 aliphatic heterocycles. The van der Waals surface area contributed by atoms with E-state index in [9.17, 15) is 9.18 Å². The number of nitrogens with one attached hydrogen (secondary N) is 1. The van der Waals surface area contributed by atoms with Crippen LogP contribution in [0.2, 0.25) is 5.02 Å². The zero-order chi connectivity index (χ0) is 21.6. The van der Waals surface area contributed by atoms with Gasteiger partial charge in [0.25, 0.3) is 0 Å². The molecule has 156 valence electrons. The predicted octanol–water partition coefficient (Wildman–Crippen LogP) is 5.65. The number of ether oxygens (including phenoxy) is 1. The van der Waals surface area contributed by atoms with Crippen LogP contribution in [0.15, 0.2) is 72.2 Å².